The van der Waals surface area contributed by atoms with Crippen molar-refractivity contribution in [2.45, 2.75) is 12.8 Å². The Balaban J connectivity index is 1.95. The zero-order valence-corrected chi connectivity index (χ0v) is 10.4. The van der Waals surface area contributed by atoms with Gasteiger partial charge in [0.2, 0.25) is 5.91 Å². The molecular weight excluding hydrogens is 240 g/mol. The molecule has 2 heterocycles. The van der Waals surface area contributed by atoms with Gasteiger partial charge < -0.3 is 10.2 Å². The number of aromatic nitrogens is 2. The molecule has 1 fully saturated rings. The van der Waals surface area contributed by atoms with Gasteiger partial charge in [-0.3, -0.25) is 4.79 Å². The lowest BCUT2D eigenvalue weighted by Crippen LogP contribution is -2.39. The van der Waals surface area contributed by atoms with E-state index >= 15 is 0 Å². The molecule has 0 bridgehead atoms. The molecule has 0 atom stereocenters. The lowest BCUT2D eigenvalue weighted by atomic mass is 9.96. The number of hydrogen-bond acceptors (Lipinski definition) is 4. The van der Waals surface area contributed by atoms with E-state index in [0.29, 0.717) is 5.15 Å². The molecule has 0 spiro atoms. The molecule has 1 aromatic rings. The number of nitrogens with one attached hydrogen (secondary N) is 1. The third-order valence-corrected chi connectivity index (χ3v) is 3.26. The Morgan fingerprint density at radius 3 is 2.65 bits per heavy atom. The Morgan fingerprint density at radius 1 is 1.41 bits per heavy atom. The van der Waals surface area contributed by atoms with Crippen LogP contribution in [0.1, 0.15) is 12.8 Å². The van der Waals surface area contributed by atoms with Crippen LogP contribution in [-0.2, 0) is 4.79 Å². The molecule has 0 aromatic carbocycles. The predicted octanol–water partition coefficient (Wildman–Crippen LogP) is 1.09. The van der Waals surface area contributed by atoms with Crippen LogP contribution in [0.25, 0.3) is 0 Å². The fraction of sp³-hybridized carbons (Fsp3) is 0.545. The van der Waals surface area contributed by atoms with E-state index in [1.165, 1.54) is 0 Å². The van der Waals surface area contributed by atoms with Crippen molar-refractivity contribution in [3.05, 3.63) is 17.3 Å². The summed E-state index contributed by atoms with van der Waals surface area (Å²) in [5, 5.41) is 10.9. The lowest BCUT2D eigenvalue weighted by molar-refractivity contribution is -0.125. The van der Waals surface area contributed by atoms with E-state index in [0.717, 1.165) is 31.7 Å². The standard InChI is InChI=1S/C11H15ClN4O/c1-13-11(17)8-4-6-16(7-5-8)10-3-2-9(12)14-15-10/h2-3,8H,4-7H2,1H3,(H,13,17). The van der Waals surface area contributed by atoms with Crippen LogP contribution in [0.15, 0.2) is 12.1 Å². The second-order valence-electron chi connectivity index (χ2n) is 4.09. The Morgan fingerprint density at radius 2 is 2.12 bits per heavy atom. The lowest BCUT2D eigenvalue weighted by Gasteiger charge is -2.31. The molecule has 6 heteroatoms. The van der Waals surface area contributed by atoms with Gasteiger partial charge in [0, 0.05) is 26.1 Å². The number of carbonyl (C=O) groups is 1. The van der Waals surface area contributed by atoms with Crippen LogP contribution in [0.5, 0.6) is 0 Å². The monoisotopic (exact) mass is 254 g/mol. The van der Waals surface area contributed by atoms with Crippen LogP contribution in [-0.4, -0.2) is 36.2 Å². The first-order chi connectivity index (χ1) is 8.20. The van der Waals surface area contributed by atoms with Gasteiger partial charge in [-0.1, -0.05) is 11.6 Å². The highest BCUT2D eigenvalue weighted by Crippen LogP contribution is 2.21. The van der Waals surface area contributed by atoms with E-state index in [-0.39, 0.29) is 11.8 Å². The van der Waals surface area contributed by atoms with Gasteiger partial charge in [-0.25, -0.2) is 0 Å². The fourth-order valence-corrected chi connectivity index (χ4v) is 2.15. The van der Waals surface area contributed by atoms with Gasteiger partial charge in [0.25, 0.3) is 0 Å². The van der Waals surface area contributed by atoms with Crippen molar-refractivity contribution >= 4 is 23.3 Å². The number of piperidine rings is 1. The van der Waals surface area contributed by atoms with E-state index in [1.54, 1.807) is 13.1 Å². The quantitative estimate of drug-likeness (QED) is 0.859. The van der Waals surface area contributed by atoms with E-state index in [1.807, 2.05) is 6.07 Å². The first kappa shape index (κ1) is 12.1. The maximum absolute atomic E-state index is 11.5. The number of amides is 1. The van der Waals surface area contributed by atoms with Crippen molar-refractivity contribution in [3.63, 3.8) is 0 Å². The second-order valence-corrected chi connectivity index (χ2v) is 4.48. The van der Waals surface area contributed by atoms with Crippen LogP contribution in [0.4, 0.5) is 5.82 Å². The van der Waals surface area contributed by atoms with Crippen LogP contribution in [0.2, 0.25) is 5.15 Å². The predicted molar refractivity (Wildman–Crippen MR) is 66.0 cm³/mol. The van der Waals surface area contributed by atoms with E-state index < -0.39 is 0 Å². The summed E-state index contributed by atoms with van der Waals surface area (Å²) < 4.78 is 0. The first-order valence-electron chi connectivity index (χ1n) is 5.66. The third kappa shape index (κ3) is 2.85. The zero-order valence-electron chi connectivity index (χ0n) is 9.69. The largest absolute Gasteiger partial charge is 0.359 e. The number of hydrogen-bond donors (Lipinski definition) is 1. The van der Waals surface area contributed by atoms with Crippen LogP contribution >= 0.6 is 11.6 Å². The third-order valence-electron chi connectivity index (χ3n) is 3.05. The molecule has 5 nitrogen and oxygen atoms in total. The summed E-state index contributed by atoms with van der Waals surface area (Å²) in [5.74, 6) is 1.08. The molecule has 92 valence electrons. The maximum Gasteiger partial charge on any atom is 0.222 e. The highest BCUT2D eigenvalue weighted by Gasteiger charge is 2.24. The first-order valence-corrected chi connectivity index (χ1v) is 6.04. The summed E-state index contributed by atoms with van der Waals surface area (Å²) in [4.78, 5) is 13.6. The molecular formula is C11H15ClN4O. The number of carbonyl (C=O) groups excluding carboxylic acids is 1. The Kier molecular flexibility index (Phi) is 3.78. The molecule has 0 unspecified atom stereocenters. The number of rotatable bonds is 2. The SMILES string of the molecule is CNC(=O)C1CCN(c2ccc(Cl)nn2)CC1. The summed E-state index contributed by atoms with van der Waals surface area (Å²) in [7, 11) is 1.68. The van der Waals surface area contributed by atoms with Crippen LogP contribution in [0.3, 0.4) is 0 Å². The average Bonchev–Trinajstić information content (AvgIpc) is 2.39. The molecule has 1 amide bonds. The van der Waals surface area contributed by atoms with Gasteiger partial charge in [0.05, 0.1) is 0 Å². The smallest absolute Gasteiger partial charge is 0.222 e. The van der Waals surface area contributed by atoms with Gasteiger partial charge in [0.1, 0.15) is 0 Å². The Hall–Kier alpha value is -1.36. The molecule has 1 aliphatic rings. The molecule has 0 radical (unpaired) electrons. The topological polar surface area (TPSA) is 58.1 Å². The summed E-state index contributed by atoms with van der Waals surface area (Å²) in [6, 6.07) is 3.59. The minimum Gasteiger partial charge on any atom is -0.359 e. The minimum atomic E-state index is 0.122. The fourth-order valence-electron chi connectivity index (χ4n) is 2.05. The van der Waals surface area contributed by atoms with Crippen molar-refractivity contribution in [2.75, 3.05) is 25.0 Å². The number of nitrogens with zero attached hydrogens (tertiary/aromatic N) is 3. The molecule has 1 aliphatic heterocycles. The zero-order chi connectivity index (χ0) is 12.3. The molecule has 1 saturated heterocycles. The van der Waals surface area contributed by atoms with E-state index in [9.17, 15) is 4.79 Å². The van der Waals surface area contributed by atoms with Crippen LogP contribution < -0.4 is 10.2 Å². The molecule has 1 aromatic heterocycles. The van der Waals surface area contributed by atoms with Gasteiger partial charge in [-0.05, 0) is 25.0 Å². The molecule has 1 N–H and O–H groups in total. The molecule has 17 heavy (non-hydrogen) atoms. The van der Waals surface area contributed by atoms with E-state index in [2.05, 4.69) is 20.4 Å². The van der Waals surface area contributed by atoms with Crippen LogP contribution in [0, 0.1) is 5.92 Å². The van der Waals surface area contributed by atoms with Crippen molar-refractivity contribution < 1.29 is 4.79 Å². The molecule has 0 saturated carbocycles. The minimum absolute atomic E-state index is 0.122. The maximum atomic E-state index is 11.5. The van der Waals surface area contributed by atoms with Gasteiger partial charge in [0.15, 0.2) is 11.0 Å². The molecule has 0 aliphatic carbocycles. The Bertz CT molecular complexity index is 387. The van der Waals surface area contributed by atoms with E-state index in [4.69, 9.17) is 11.6 Å². The van der Waals surface area contributed by atoms with Crippen molar-refractivity contribution in [1.82, 2.24) is 15.5 Å². The van der Waals surface area contributed by atoms with Gasteiger partial charge >= 0.3 is 0 Å². The number of halogens is 1. The van der Waals surface area contributed by atoms with Gasteiger partial charge in [-0.2, -0.15) is 0 Å². The molecule has 2 rings (SSSR count). The summed E-state index contributed by atoms with van der Waals surface area (Å²) in [5.41, 5.74) is 0. The van der Waals surface area contributed by atoms with Crippen molar-refractivity contribution in [2.24, 2.45) is 5.92 Å². The van der Waals surface area contributed by atoms with Gasteiger partial charge in [-0.15, -0.1) is 10.2 Å². The summed E-state index contributed by atoms with van der Waals surface area (Å²) >= 11 is 5.69. The summed E-state index contributed by atoms with van der Waals surface area (Å²) in [6.45, 7) is 1.66. The highest BCUT2D eigenvalue weighted by molar-refractivity contribution is 6.29. The average molecular weight is 255 g/mol. The van der Waals surface area contributed by atoms with Crippen molar-refractivity contribution in [3.8, 4) is 0 Å². The second kappa shape index (κ2) is 5.31. The highest BCUT2D eigenvalue weighted by atomic mass is 35.5. The Labute approximate surface area is 105 Å². The summed E-state index contributed by atoms with van der Waals surface area (Å²) in [6.07, 6.45) is 1.70. The number of anilines is 1. The van der Waals surface area contributed by atoms with Crippen molar-refractivity contribution in [1.29, 1.82) is 0 Å². The normalized spacial score (nSPS) is 16.9.